The third kappa shape index (κ3) is 4.18. The molecule has 0 saturated carbocycles. The molecule has 0 radical (unpaired) electrons. The number of methoxy groups -OCH3 is 1. The molecule has 0 bridgehead atoms. The van der Waals surface area contributed by atoms with Crippen molar-refractivity contribution >= 4 is 17.4 Å². The van der Waals surface area contributed by atoms with Gasteiger partial charge in [0, 0.05) is 25.6 Å². The highest BCUT2D eigenvalue weighted by molar-refractivity contribution is 7.11. The van der Waals surface area contributed by atoms with Crippen LogP contribution in [0.1, 0.15) is 42.4 Å². The molecule has 0 aromatic carbocycles. The fourth-order valence-corrected chi connectivity index (χ4v) is 2.69. The summed E-state index contributed by atoms with van der Waals surface area (Å²) >= 11 is 1.66. The molecule has 1 atom stereocenters. The Hall–Kier alpha value is -1.14. The number of nitrogens with one attached hydrogen (secondary N) is 1. The van der Waals surface area contributed by atoms with Crippen molar-refractivity contribution in [2.75, 3.05) is 20.7 Å². The molecule has 0 fully saturated rings. The van der Waals surface area contributed by atoms with E-state index >= 15 is 0 Å². The van der Waals surface area contributed by atoms with E-state index < -0.39 is 0 Å². The summed E-state index contributed by atoms with van der Waals surface area (Å²) in [5, 5.41) is 3.91. The summed E-state index contributed by atoms with van der Waals surface area (Å²) in [5.74, 6) is 0. The third-order valence-corrected chi connectivity index (χ3v) is 4.36. The monoisotopic (exact) mass is 299 g/mol. The predicted octanol–water partition coefficient (Wildman–Crippen LogP) is 2.89. The van der Waals surface area contributed by atoms with E-state index in [0.717, 1.165) is 15.6 Å². The van der Waals surface area contributed by atoms with E-state index in [1.165, 1.54) is 0 Å². The second kappa shape index (κ2) is 6.54. The number of nitrogens with zero attached hydrogens (tertiary/aromatic N) is 2. The fourth-order valence-electron chi connectivity index (χ4n) is 1.78. The molecule has 5 nitrogen and oxygen atoms in total. The van der Waals surface area contributed by atoms with Gasteiger partial charge in [0.05, 0.1) is 22.3 Å². The lowest BCUT2D eigenvalue weighted by Gasteiger charge is -2.28. The number of aryl methyl sites for hydroxylation is 2. The summed E-state index contributed by atoms with van der Waals surface area (Å²) in [6.07, 6.45) is 0. The van der Waals surface area contributed by atoms with Gasteiger partial charge in [0.25, 0.3) is 0 Å². The van der Waals surface area contributed by atoms with Gasteiger partial charge in [-0.1, -0.05) is 0 Å². The molecule has 1 heterocycles. The van der Waals surface area contributed by atoms with Crippen molar-refractivity contribution in [2.24, 2.45) is 0 Å². The first-order valence-electron chi connectivity index (χ1n) is 6.67. The van der Waals surface area contributed by atoms with Crippen molar-refractivity contribution in [3.63, 3.8) is 0 Å². The van der Waals surface area contributed by atoms with Crippen LogP contribution in [0.4, 0.5) is 4.79 Å². The van der Waals surface area contributed by atoms with Crippen LogP contribution in [0, 0.1) is 13.8 Å². The zero-order chi connectivity index (χ0) is 15.5. The van der Waals surface area contributed by atoms with E-state index in [1.807, 2.05) is 34.6 Å². The van der Waals surface area contributed by atoms with Crippen molar-refractivity contribution in [3.05, 3.63) is 15.6 Å². The van der Waals surface area contributed by atoms with Gasteiger partial charge in [-0.25, -0.2) is 9.78 Å². The van der Waals surface area contributed by atoms with Gasteiger partial charge in [-0.2, -0.15) is 0 Å². The number of hydrogen-bond acceptors (Lipinski definition) is 4. The van der Waals surface area contributed by atoms with Gasteiger partial charge < -0.3 is 15.0 Å². The molecule has 0 aliphatic carbocycles. The SMILES string of the molecule is COC(C)(C)CNC(=O)N(C)[C@H](C)c1nc(C)sc1C. The van der Waals surface area contributed by atoms with Crippen LogP contribution in [0.2, 0.25) is 0 Å². The molecule has 0 spiro atoms. The van der Waals surface area contributed by atoms with Gasteiger partial charge >= 0.3 is 6.03 Å². The summed E-state index contributed by atoms with van der Waals surface area (Å²) in [4.78, 5) is 19.5. The first kappa shape index (κ1) is 16.9. The number of carbonyl (C=O) groups is 1. The van der Waals surface area contributed by atoms with Gasteiger partial charge in [-0.15, -0.1) is 11.3 Å². The molecular weight excluding hydrogens is 274 g/mol. The zero-order valence-corrected chi connectivity index (χ0v) is 14.2. The van der Waals surface area contributed by atoms with Crippen molar-refractivity contribution in [1.29, 1.82) is 0 Å². The average Bonchev–Trinajstić information content (AvgIpc) is 2.73. The normalized spacial score (nSPS) is 13.2. The van der Waals surface area contributed by atoms with E-state index in [-0.39, 0.29) is 17.7 Å². The molecule has 0 saturated heterocycles. The van der Waals surface area contributed by atoms with Crippen LogP contribution in [0.5, 0.6) is 0 Å². The Morgan fingerprint density at radius 2 is 2.10 bits per heavy atom. The summed E-state index contributed by atoms with van der Waals surface area (Å²) < 4.78 is 5.29. The van der Waals surface area contributed by atoms with Crippen molar-refractivity contribution in [2.45, 2.75) is 46.3 Å². The van der Waals surface area contributed by atoms with Gasteiger partial charge in [0.1, 0.15) is 0 Å². The molecule has 20 heavy (non-hydrogen) atoms. The average molecular weight is 299 g/mol. The number of aromatic nitrogens is 1. The van der Waals surface area contributed by atoms with Crippen molar-refractivity contribution in [3.8, 4) is 0 Å². The van der Waals surface area contributed by atoms with Crippen LogP contribution in [-0.2, 0) is 4.74 Å². The number of urea groups is 1. The molecule has 1 rings (SSSR count). The number of amides is 2. The minimum atomic E-state index is -0.368. The Labute approximate surface area is 125 Å². The minimum Gasteiger partial charge on any atom is -0.377 e. The number of rotatable bonds is 5. The second-order valence-corrected chi connectivity index (χ2v) is 6.99. The maximum absolute atomic E-state index is 12.2. The Morgan fingerprint density at radius 3 is 2.55 bits per heavy atom. The molecule has 1 aromatic heterocycles. The van der Waals surface area contributed by atoms with Crippen LogP contribution in [0.25, 0.3) is 0 Å². The van der Waals surface area contributed by atoms with Crippen LogP contribution in [-0.4, -0.2) is 42.2 Å². The Morgan fingerprint density at radius 1 is 1.50 bits per heavy atom. The highest BCUT2D eigenvalue weighted by Crippen LogP contribution is 2.25. The van der Waals surface area contributed by atoms with Crippen molar-refractivity contribution in [1.82, 2.24) is 15.2 Å². The highest BCUT2D eigenvalue weighted by atomic mass is 32.1. The van der Waals surface area contributed by atoms with Crippen LogP contribution < -0.4 is 5.32 Å². The summed E-state index contributed by atoms with van der Waals surface area (Å²) in [5.41, 5.74) is 0.600. The molecule has 0 aliphatic heterocycles. The van der Waals surface area contributed by atoms with E-state index in [0.29, 0.717) is 6.54 Å². The minimum absolute atomic E-state index is 0.0504. The molecule has 6 heteroatoms. The van der Waals surface area contributed by atoms with Gasteiger partial charge in [0.2, 0.25) is 0 Å². The predicted molar refractivity (Wildman–Crippen MR) is 82.3 cm³/mol. The quantitative estimate of drug-likeness (QED) is 0.909. The lowest BCUT2D eigenvalue weighted by atomic mass is 10.1. The first-order chi connectivity index (χ1) is 9.18. The molecular formula is C14H25N3O2S. The first-order valence-corrected chi connectivity index (χ1v) is 7.49. The number of carbonyl (C=O) groups excluding carboxylic acids is 1. The lowest BCUT2D eigenvalue weighted by Crippen LogP contribution is -2.45. The van der Waals surface area contributed by atoms with Crippen molar-refractivity contribution < 1.29 is 9.53 Å². The van der Waals surface area contributed by atoms with E-state index in [2.05, 4.69) is 10.3 Å². The Balaban J connectivity index is 2.67. The fraction of sp³-hybridized carbons (Fsp3) is 0.714. The highest BCUT2D eigenvalue weighted by Gasteiger charge is 2.23. The lowest BCUT2D eigenvalue weighted by molar-refractivity contribution is 0.0242. The smallest absolute Gasteiger partial charge is 0.317 e. The van der Waals surface area contributed by atoms with Crippen LogP contribution >= 0.6 is 11.3 Å². The zero-order valence-electron chi connectivity index (χ0n) is 13.4. The number of ether oxygens (including phenoxy) is 1. The Kier molecular flexibility index (Phi) is 5.53. The maximum atomic E-state index is 12.2. The van der Waals surface area contributed by atoms with Crippen LogP contribution in [0.15, 0.2) is 0 Å². The largest absolute Gasteiger partial charge is 0.377 e. The standard InChI is InChI=1S/C14H25N3O2S/c1-9(12-10(2)20-11(3)16-12)17(6)13(18)15-8-14(4,5)19-7/h9H,8H2,1-7H3,(H,15,18)/t9-/m1/s1. The van der Waals surface area contributed by atoms with Gasteiger partial charge in [0.15, 0.2) is 0 Å². The summed E-state index contributed by atoms with van der Waals surface area (Å²) in [6.45, 7) is 10.3. The van der Waals surface area contributed by atoms with E-state index in [1.54, 1.807) is 30.4 Å². The Bertz CT molecular complexity index is 471. The molecule has 1 aromatic rings. The van der Waals surface area contributed by atoms with Gasteiger partial charge in [-0.3, -0.25) is 0 Å². The molecule has 0 aliphatic rings. The van der Waals surface area contributed by atoms with Gasteiger partial charge in [-0.05, 0) is 34.6 Å². The topological polar surface area (TPSA) is 54.5 Å². The summed E-state index contributed by atoms with van der Waals surface area (Å²) in [6, 6.07) is -0.168. The molecule has 2 amide bonds. The van der Waals surface area contributed by atoms with E-state index in [4.69, 9.17) is 4.74 Å². The molecule has 0 unspecified atom stereocenters. The van der Waals surface area contributed by atoms with E-state index in [9.17, 15) is 4.79 Å². The molecule has 1 N–H and O–H groups in total. The summed E-state index contributed by atoms with van der Waals surface area (Å²) in [7, 11) is 3.42. The maximum Gasteiger partial charge on any atom is 0.317 e. The number of thiazole rings is 1. The number of hydrogen-bond donors (Lipinski definition) is 1. The van der Waals surface area contributed by atoms with Crippen LogP contribution in [0.3, 0.4) is 0 Å². The molecule has 114 valence electrons. The third-order valence-electron chi connectivity index (χ3n) is 3.45. The second-order valence-electron chi connectivity index (χ2n) is 5.58.